The SMILES string of the molecule is CS(=O)(=O)O.O=CN1CC(O)C(F)C1. The molecule has 2 atom stereocenters. The summed E-state index contributed by atoms with van der Waals surface area (Å²) in [7, 11) is -3.67. The van der Waals surface area contributed by atoms with E-state index in [0.717, 1.165) is 0 Å². The number of aliphatic hydroxyl groups excluding tert-OH is 1. The number of aliphatic hydroxyl groups is 1. The molecule has 14 heavy (non-hydrogen) atoms. The molecule has 0 radical (unpaired) electrons. The van der Waals surface area contributed by atoms with Crippen LogP contribution in [0.15, 0.2) is 0 Å². The number of halogens is 1. The van der Waals surface area contributed by atoms with Crippen molar-refractivity contribution in [1.29, 1.82) is 0 Å². The van der Waals surface area contributed by atoms with Crippen LogP contribution in [0.3, 0.4) is 0 Å². The standard InChI is InChI=1S/C5H8FNO2.CH4O3S/c6-4-1-7(3-8)2-5(4)9;1-5(2,3)4/h3-5,9H,1-2H2;1H3,(H,2,3,4). The maximum absolute atomic E-state index is 12.3. The number of nitrogens with zero attached hydrogens (tertiary/aromatic N) is 1. The van der Waals surface area contributed by atoms with Crippen LogP contribution < -0.4 is 0 Å². The molecular weight excluding hydrogens is 217 g/mol. The Morgan fingerprint density at radius 1 is 1.50 bits per heavy atom. The molecule has 0 aromatic carbocycles. The molecule has 2 unspecified atom stereocenters. The van der Waals surface area contributed by atoms with Crippen molar-refractivity contribution in [3.63, 3.8) is 0 Å². The first-order valence-electron chi connectivity index (χ1n) is 3.68. The van der Waals surface area contributed by atoms with E-state index in [-0.39, 0.29) is 13.1 Å². The number of amides is 1. The molecule has 0 aromatic rings. The van der Waals surface area contributed by atoms with Gasteiger partial charge < -0.3 is 10.0 Å². The van der Waals surface area contributed by atoms with Gasteiger partial charge in [-0.1, -0.05) is 0 Å². The molecule has 1 aliphatic rings. The molecule has 6 nitrogen and oxygen atoms in total. The minimum Gasteiger partial charge on any atom is -0.388 e. The van der Waals surface area contributed by atoms with E-state index in [0.29, 0.717) is 12.7 Å². The largest absolute Gasteiger partial charge is 0.388 e. The lowest BCUT2D eigenvalue weighted by Gasteiger charge is -2.03. The highest BCUT2D eigenvalue weighted by Gasteiger charge is 2.29. The maximum atomic E-state index is 12.3. The van der Waals surface area contributed by atoms with Gasteiger partial charge in [-0.3, -0.25) is 9.35 Å². The second-order valence-corrected chi connectivity index (χ2v) is 4.34. The van der Waals surface area contributed by atoms with Crippen LogP contribution >= 0.6 is 0 Å². The van der Waals surface area contributed by atoms with Gasteiger partial charge in [-0.2, -0.15) is 8.42 Å². The van der Waals surface area contributed by atoms with E-state index < -0.39 is 22.4 Å². The molecule has 1 amide bonds. The smallest absolute Gasteiger partial charge is 0.261 e. The summed E-state index contributed by atoms with van der Waals surface area (Å²) in [6, 6.07) is 0. The zero-order valence-corrected chi connectivity index (χ0v) is 8.32. The van der Waals surface area contributed by atoms with E-state index in [1.165, 1.54) is 4.90 Å². The van der Waals surface area contributed by atoms with Crippen LogP contribution in [0.2, 0.25) is 0 Å². The van der Waals surface area contributed by atoms with Crippen LogP contribution in [0.25, 0.3) is 0 Å². The van der Waals surface area contributed by atoms with E-state index in [4.69, 9.17) is 9.66 Å². The van der Waals surface area contributed by atoms with Gasteiger partial charge in [-0.25, -0.2) is 4.39 Å². The molecule has 0 aromatic heterocycles. The fraction of sp³-hybridized carbons (Fsp3) is 0.833. The predicted molar refractivity (Wildman–Crippen MR) is 46.0 cm³/mol. The summed E-state index contributed by atoms with van der Waals surface area (Å²) in [6.45, 7) is 0.162. The van der Waals surface area contributed by atoms with Gasteiger partial charge in [-0.15, -0.1) is 0 Å². The highest BCUT2D eigenvalue weighted by Crippen LogP contribution is 2.10. The Hall–Kier alpha value is -0.730. The van der Waals surface area contributed by atoms with Crippen molar-refractivity contribution in [2.75, 3.05) is 19.3 Å². The third kappa shape index (κ3) is 6.75. The van der Waals surface area contributed by atoms with Crippen molar-refractivity contribution in [2.24, 2.45) is 0 Å². The highest BCUT2D eigenvalue weighted by atomic mass is 32.2. The number of alkyl halides is 1. The van der Waals surface area contributed by atoms with Crippen molar-refractivity contribution < 1.29 is 27.3 Å². The van der Waals surface area contributed by atoms with Gasteiger partial charge >= 0.3 is 0 Å². The summed E-state index contributed by atoms with van der Waals surface area (Å²) in [5, 5.41) is 8.72. The summed E-state index contributed by atoms with van der Waals surface area (Å²) >= 11 is 0. The molecule has 1 heterocycles. The zero-order valence-electron chi connectivity index (χ0n) is 7.50. The number of β-amino-alcohol motifs (C(OH)–C–C–N with tert-alkyl or cyclic N) is 1. The quantitative estimate of drug-likeness (QED) is 0.428. The van der Waals surface area contributed by atoms with Crippen LogP contribution in [0.4, 0.5) is 4.39 Å². The summed E-state index contributed by atoms with van der Waals surface area (Å²) in [6.07, 6.45) is -0.971. The van der Waals surface area contributed by atoms with E-state index >= 15 is 0 Å². The lowest BCUT2D eigenvalue weighted by atomic mass is 10.3. The maximum Gasteiger partial charge on any atom is 0.261 e. The van der Waals surface area contributed by atoms with E-state index in [1.807, 2.05) is 0 Å². The van der Waals surface area contributed by atoms with E-state index in [2.05, 4.69) is 0 Å². The third-order valence-electron chi connectivity index (χ3n) is 1.40. The Morgan fingerprint density at radius 2 is 1.93 bits per heavy atom. The number of hydrogen-bond donors (Lipinski definition) is 2. The molecule has 0 bridgehead atoms. The molecule has 1 saturated heterocycles. The highest BCUT2D eigenvalue weighted by molar-refractivity contribution is 7.85. The first-order valence-corrected chi connectivity index (χ1v) is 5.53. The number of hydrogen-bond acceptors (Lipinski definition) is 4. The van der Waals surface area contributed by atoms with Gasteiger partial charge in [0.15, 0.2) is 0 Å². The van der Waals surface area contributed by atoms with Crippen molar-refractivity contribution in [1.82, 2.24) is 4.90 Å². The van der Waals surface area contributed by atoms with E-state index in [1.54, 1.807) is 0 Å². The fourth-order valence-corrected chi connectivity index (χ4v) is 0.861. The van der Waals surface area contributed by atoms with Crippen molar-refractivity contribution in [3.8, 4) is 0 Å². The van der Waals surface area contributed by atoms with Gasteiger partial charge in [-0.05, 0) is 0 Å². The first-order chi connectivity index (χ1) is 6.24. The van der Waals surface area contributed by atoms with Gasteiger partial charge in [0, 0.05) is 6.54 Å². The minimum absolute atomic E-state index is 0.0324. The normalized spacial score (nSPS) is 26.7. The number of rotatable bonds is 1. The van der Waals surface area contributed by atoms with E-state index in [9.17, 15) is 17.6 Å². The second-order valence-electron chi connectivity index (χ2n) is 2.88. The molecule has 1 aliphatic heterocycles. The average Bonchev–Trinajstić information content (AvgIpc) is 2.28. The van der Waals surface area contributed by atoms with Crippen LogP contribution in [0.5, 0.6) is 0 Å². The minimum atomic E-state index is -3.67. The zero-order chi connectivity index (χ0) is 11.4. The fourth-order valence-electron chi connectivity index (χ4n) is 0.861. The van der Waals surface area contributed by atoms with Gasteiger partial charge in [0.05, 0.1) is 12.8 Å². The lowest BCUT2D eigenvalue weighted by Crippen LogP contribution is -2.19. The van der Waals surface area contributed by atoms with Crippen molar-refractivity contribution in [3.05, 3.63) is 0 Å². The third-order valence-corrected chi connectivity index (χ3v) is 1.40. The monoisotopic (exact) mass is 229 g/mol. The Balaban J connectivity index is 0.000000292. The summed E-state index contributed by atoms with van der Waals surface area (Å²) in [5.74, 6) is 0. The van der Waals surface area contributed by atoms with Crippen LogP contribution in [0, 0.1) is 0 Å². The van der Waals surface area contributed by atoms with Crippen LogP contribution in [-0.2, 0) is 14.9 Å². The Morgan fingerprint density at radius 3 is 2.07 bits per heavy atom. The number of likely N-dealkylation sites (tertiary alicyclic amines) is 1. The molecule has 2 N–H and O–H groups in total. The van der Waals surface area contributed by atoms with Crippen molar-refractivity contribution in [2.45, 2.75) is 12.3 Å². The Kier molecular flexibility index (Phi) is 4.95. The van der Waals surface area contributed by atoms with Gasteiger partial charge in [0.25, 0.3) is 10.1 Å². The summed E-state index contributed by atoms with van der Waals surface area (Å²) in [5.41, 5.74) is 0. The van der Waals surface area contributed by atoms with Crippen LogP contribution in [0.1, 0.15) is 0 Å². The topological polar surface area (TPSA) is 94.9 Å². The Bertz CT molecular complexity index is 262. The summed E-state index contributed by atoms with van der Waals surface area (Å²) < 4.78 is 38.2. The van der Waals surface area contributed by atoms with Crippen LogP contribution in [-0.4, -0.2) is 61.0 Å². The molecule has 84 valence electrons. The van der Waals surface area contributed by atoms with Crippen molar-refractivity contribution >= 4 is 16.5 Å². The average molecular weight is 229 g/mol. The molecule has 8 heteroatoms. The van der Waals surface area contributed by atoms with Gasteiger partial charge in [0.2, 0.25) is 6.41 Å². The van der Waals surface area contributed by atoms with Gasteiger partial charge in [0.1, 0.15) is 12.3 Å². The molecule has 0 saturated carbocycles. The molecular formula is C6H12FNO5S. The lowest BCUT2D eigenvalue weighted by molar-refractivity contribution is -0.117. The number of carbonyl (C=O) groups excluding carboxylic acids is 1. The molecule has 0 aliphatic carbocycles. The second kappa shape index (κ2) is 5.23. The predicted octanol–water partition coefficient (Wildman–Crippen LogP) is -1.34. The first kappa shape index (κ1) is 13.3. The Labute approximate surface area is 81.1 Å². The number of carbonyl (C=O) groups is 1. The summed E-state index contributed by atoms with van der Waals surface area (Å²) in [4.78, 5) is 11.2. The molecule has 0 spiro atoms. The molecule has 1 rings (SSSR count). The molecule has 1 fully saturated rings.